The van der Waals surface area contributed by atoms with E-state index in [1.807, 2.05) is 12.1 Å². The van der Waals surface area contributed by atoms with E-state index in [0.29, 0.717) is 5.52 Å². The number of rotatable bonds is 3. The molecule has 6 heteroatoms. The molecule has 2 rings (SSSR count). The molecule has 1 aromatic carbocycles. The van der Waals surface area contributed by atoms with Crippen LogP contribution in [-0.2, 0) is 0 Å². The van der Waals surface area contributed by atoms with Gasteiger partial charge in [-0.05, 0) is 12.1 Å². The Labute approximate surface area is 99.0 Å². The summed E-state index contributed by atoms with van der Waals surface area (Å²) in [7, 11) is 0. The molecule has 0 spiro atoms. The standard InChI is InChI=1S/C10H8BrF2N3/c11-7-2-1-3-8-6(7)4-14-10(16-8)15-5-9(12)13/h1-4,9H,5H2,(H,14,15,16). The van der Waals surface area contributed by atoms with Gasteiger partial charge in [-0.3, -0.25) is 0 Å². The molecule has 84 valence electrons. The van der Waals surface area contributed by atoms with Crippen LogP contribution in [0.25, 0.3) is 10.9 Å². The first-order valence-electron chi connectivity index (χ1n) is 4.60. The lowest BCUT2D eigenvalue weighted by molar-refractivity contribution is 0.163. The number of fused-ring (bicyclic) bond motifs is 1. The fourth-order valence-corrected chi connectivity index (χ4v) is 1.73. The van der Waals surface area contributed by atoms with Gasteiger partial charge in [0.1, 0.15) is 0 Å². The molecule has 1 heterocycles. The van der Waals surface area contributed by atoms with Crippen molar-refractivity contribution in [2.75, 3.05) is 11.9 Å². The minimum atomic E-state index is -2.41. The van der Waals surface area contributed by atoms with Crippen LogP contribution in [0.5, 0.6) is 0 Å². The van der Waals surface area contributed by atoms with Crippen molar-refractivity contribution < 1.29 is 8.78 Å². The van der Waals surface area contributed by atoms with Gasteiger partial charge < -0.3 is 5.32 Å². The number of halogens is 3. The number of benzene rings is 1. The summed E-state index contributed by atoms with van der Waals surface area (Å²) in [5.41, 5.74) is 0.709. The smallest absolute Gasteiger partial charge is 0.255 e. The Kier molecular flexibility index (Phi) is 3.28. The second kappa shape index (κ2) is 4.69. The molecule has 0 amide bonds. The molecule has 16 heavy (non-hydrogen) atoms. The van der Waals surface area contributed by atoms with Gasteiger partial charge >= 0.3 is 0 Å². The number of nitrogens with zero attached hydrogens (tertiary/aromatic N) is 2. The minimum Gasteiger partial charge on any atom is -0.348 e. The van der Waals surface area contributed by atoms with Gasteiger partial charge in [0.15, 0.2) is 0 Å². The van der Waals surface area contributed by atoms with Crippen LogP contribution in [0.3, 0.4) is 0 Å². The maximum atomic E-state index is 12.0. The van der Waals surface area contributed by atoms with E-state index in [4.69, 9.17) is 0 Å². The van der Waals surface area contributed by atoms with E-state index in [-0.39, 0.29) is 5.95 Å². The van der Waals surface area contributed by atoms with Crippen molar-refractivity contribution in [1.29, 1.82) is 0 Å². The summed E-state index contributed by atoms with van der Waals surface area (Å²) in [4.78, 5) is 8.08. The lowest BCUT2D eigenvalue weighted by Gasteiger charge is -2.05. The summed E-state index contributed by atoms with van der Waals surface area (Å²) >= 11 is 3.36. The molecular weight excluding hydrogens is 280 g/mol. The Morgan fingerprint density at radius 2 is 2.19 bits per heavy atom. The first kappa shape index (κ1) is 11.2. The topological polar surface area (TPSA) is 37.8 Å². The Morgan fingerprint density at radius 3 is 2.94 bits per heavy atom. The molecule has 0 aliphatic carbocycles. The molecule has 0 saturated carbocycles. The third kappa shape index (κ3) is 2.44. The van der Waals surface area contributed by atoms with Gasteiger partial charge in [-0.25, -0.2) is 18.7 Å². The van der Waals surface area contributed by atoms with Gasteiger partial charge in [-0.1, -0.05) is 22.0 Å². The van der Waals surface area contributed by atoms with E-state index in [0.717, 1.165) is 9.86 Å². The van der Waals surface area contributed by atoms with Crippen molar-refractivity contribution in [1.82, 2.24) is 9.97 Å². The van der Waals surface area contributed by atoms with Crippen molar-refractivity contribution in [2.24, 2.45) is 0 Å². The van der Waals surface area contributed by atoms with Crippen molar-refractivity contribution in [2.45, 2.75) is 6.43 Å². The molecule has 3 nitrogen and oxygen atoms in total. The average molecular weight is 288 g/mol. The predicted octanol–water partition coefficient (Wildman–Crippen LogP) is 3.07. The molecule has 0 unspecified atom stereocenters. The monoisotopic (exact) mass is 287 g/mol. The molecule has 2 aromatic rings. The summed E-state index contributed by atoms with van der Waals surface area (Å²) in [6, 6.07) is 5.50. The highest BCUT2D eigenvalue weighted by atomic mass is 79.9. The van der Waals surface area contributed by atoms with Gasteiger partial charge in [-0.15, -0.1) is 0 Å². The van der Waals surface area contributed by atoms with Gasteiger partial charge in [0.25, 0.3) is 6.43 Å². The molecule has 1 N–H and O–H groups in total. The third-order valence-electron chi connectivity index (χ3n) is 1.99. The summed E-state index contributed by atoms with van der Waals surface area (Å²) in [5, 5.41) is 3.32. The van der Waals surface area contributed by atoms with Gasteiger partial charge in [0, 0.05) is 16.1 Å². The van der Waals surface area contributed by atoms with Crippen molar-refractivity contribution in [3.63, 3.8) is 0 Å². The Morgan fingerprint density at radius 1 is 1.38 bits per heavy atom. The molecule has 0 bridgehead atoms. The minimum absolute atomic E-state index is 0.214. The second-order valence-electron chi connectivity index (χ2n) is 3.14. The summed E-state index contributed by atoms with van der Waals surface area (Å²) in [5.74, 6) is 0.214. The number of anilines is 1. The maximum Gasteiger partial charge on any atom is 0.255 e. The van der Waals surface area contributed by atoms with E-state index < -0.39 is 13.0 Å². The predicted molar refractivity (Wildman–Crippen MR) is 61.7 cm³/mol. The number of aromatic nitrogens is 2. The number of hydrogen-bond acceptors (Lipinski definition) is 3. The number of hydrogen-bond donors (Lipinski definition) is 1. The van der Waals surface area contributed by atoms with Crippen molar-refractivity contribution >= 4 is 32.8 Å². The first-order valence-corrected chi connectivity index (χ1v) is 5.39. The van der Waals surface area contributed by atoms with Crippen molar-refractivity contribution in [3.8, 4) is 0 Å². The van der Waals surface area contributed by atoms with Crippen molar-refractivity contribution in [3.05, 3.63) is 28.9 Å². The summed E-state index contributed by atoms with van der Waals surface area (Å²) in [6.45, 7) is -0.445. The van der Waals surface area contributed by atoms with Crippen LogP contribution in [0, 0.1) is 0 Å². The number of nitrogens with one attached hydrogen (secondary N) is 1. The van der Waals surface area contributed by atoms with Crippen LogP contribution in [0.15, 0.2) is 28.9 Å². The number of alkyl halides is 2. The van der Waals surface area contributed by atoms with Crippen LogP contribution in [0.2, 0.25) is 0 Å². The zero-order valence-electron chi connectivity index (χ0n) is 8.12. The quantitative estimate of drug-likeness (QED) is 0.943. The van der Waals surface area contributed by atoms with Crippen LogP contribution in [0.1, 0.15) is 0 Å². The Balaban J connectivity index is 2.30. The van der Waals surface area contributed by atoms with Crippen LogP contribution >= 0.6 is 15.9 Å². The van der Waals surface area contributed by atoms with Gasteiger partial charge in [0.2, 0.25) is 5.95 Å². The molecule has 0 aliphatic heterocycles. The average Bonchev–Trinajstić information content (AvgIpc) is 2.26. The molecule has 0 aliphatic rings. The normalized spacial score (nSPS) is 11.0. The van der Waals surface area contributed by atoms with Crippen LogP contribution in [0.4, 0.5) is 14.7 Å². The lowest BCUT2D eigenvalue weighted by Crippen LogP contribution is -2.12. The zero-order chi connectivity index (χ0) is 11.5. The van der Waals surface area contributed by atoms with Gasteiger partial charge in [0.05, 0.1) is 12.1 Å². The van der Waals surface area contributed by atoms with E-state index in [2.05, 4.69) is 31.2 Å². The Hall–Kier alpha value is -1.30. The fourth-order valence-electron chi connectivity index (χ4n) is 1.27. The summed E-state index contributed by atoms with van der Waals surface area (Å²) in [6.07, 6.45) is -0.818. The largest absolute Gasteiger partial charge is 0.348 e. The third-order valence-corrected chi connectivity index (χ3v) is 2.68. The van der Waals surface area contributed by atoms with Gasteiger partial charge in [-0.2, -0.15) is 0 Å². The molecular formula is C10H8BrF2N3. The van der Waals surface area contributed by atoms with Crippen LogP contribution < -0.4 is 5.32 Å². The second-order valence-corrected chi connectivity index (χ2v) is 3.99. The molecule has 0 saturated heterocycles. The Bertz CT molecular complexity index is 504. The molecule has 1 aromatic heterocycles. The van der Waals surface area contributed by atoms with E-state index in [1.165, 1.54) is 0 Å². The highest BCUT2D eigenvalue weighted by Gasteiger charge is 2.05. The molecule has 0 radical (unpaired) electrons. The first-order chi connectivity index (χ1) is 7.66. The zero-order valence-corrected chi connectivity index (χ0v) is 9.71. The summed E-state index contributed by atoms with van der Waals surface area (Å²) < 4.78 is 24.8. The van der Waals surface area contributed by atoms with E-state index >= 15 is 0 Å². The molecule has 0 atom stereocenters. The van der Waals surface area contributed by atoms with E-state index in [9.17, 15) is 8.78 Å². The van der Waals surface area contributed by atoms with Crippen LogP contribution in [-0.4, -0.2) is 22.9 Å². The SMILES string of the molecule is FC(F)CNc1ncc2c(Br)cccc2n1. The van der Waals surface area contributed by atoms with E-state index in [1.54, 1.807) is 12.3 Å². The highest BCUT2D eigenvalue weighted by Crippen LogP contribution is 2.22. The fraction of sp³-hybridized carbons (Fsp3) is 0.200. The lowest BCUT2D eigenvalue weighted by atomic mass is 10.2. The maximum absolute atomic E-state index is 12.0. The highest BCUT2D eigenvalue weighted by molar-refractivity contribution is 9.10. The molecule has 0 fully saturated rings.